The fraction of sp³-hybridized carbons (Fsp3) is 0.154. The van der Waals surface area contributed by atoms with Crippen molar-refractivity contribution in [2.45, 2.75) is 19.9 Å². The van der Waals surface area contributed by atoms with E-state index in [-0.39, 0.29) is 5.91 Å². The third kappa shape index (κ3) is 3.87. The van der Waals surface area contributed by atoms with Gasteiger partial charge in [0.25, 0.3) is 5.91 Å². The van der Waals surface area contributed by atoms with Crippen LogP contribution in [-0.4, -0.2) is 27.2 Å². The largest absolute Gasteiger partial charge is 0.358 e. The third-order valence-electron chi connectivity index (χ3n) is 5.81. The molecule has 5 rings (SSSR count). The maximum absolute atomic E-state index is 13.0. The lowest BCUT2D eigenvalue weighted by Gasteiger charge is -2.05. The predicted molar refractivity (Wildman–Crippen MR) is 129 cm³/mol. The molecule has 2 N–H and O–H groups in total. The van der Waals surface area contributed by atoms with Gasteiger partial charge in [0.05, 0.1) is 12.1 Å². The van der Waals surface area contributed by atoms with E-state index in [2.05, 4.69) is 34.5 Å². The maximum Gasteiger partial charge on any atom is 0.272 e. The molecule has 0 atom stereocenters. The summed E-state index contributed by atoms with van der Waals surface area (Å²) in [4.78, 5) is 16.4. The van der Waals surface area contributed by atoms with E-state index in [1.54, 1.807) is 0 Å². The number of benzene rings is 3. The van der Waals surface area contributed by atoms with Crippen LogP contribution in [-0.2, 0) is 13.0 Å². The first-order valence-electron chi connectivity index (χ1n) is 10.6. The first kappa shape index (κ1) is 20.3. The summed E-state index contributed by atoms with van der Waals surface area (Å²) in [7, 11) is 0. The SMILES string of the molecule is Cc1[nH]c2ccccc2c1CCNC(=O)c1nn(Cc2ccc(Cl)cc2)c2ccccc12. The number of amides is 1. The van der Waals surface area contributed by atoms with Crippen molar-refractivity contribution < 1.29 is 4.79 Å². The summed E-state index contributed by atoms with van der Waals surface area (Å²) in [5.41, 5.74) is 5.95. The Balaban J connectivity index is 1.35. The number of aryl methyl sites for hydroxylation is 1. The average molecular weight is 443 g/mol. The molecule has 0 radical (unpaired) electrons. The highest BCUT2D eigenvalue weighted by atomic mass is 35.5. The van der Waals surface area contributed by atoms with Crippen molar-refractivity contribution in [2.75, 3.05) is 6.54 Å². The molecule has 0 spiro atoms. The number of halogens is 1. The van der Waals surface area contributed by atoms with Gasteiger partial charge in [0.15, 0.2) is 5.69 Å². The minimum atomic E-state index is -0.159. The van der Waals surface area contributed by atoms with Crippen molar-refractivity contribution in [3.63, 3.8) is 0 Å². The smallest absolute Gasteiger partial charge is 0.272 e. The van der Waals surface area contributed by atoms with Gasteiger partial charge >= 0.3 is 0 Å². The van der Waals surface area contributed by atoms with Crippen molar-refractivity contribution in [2.24, 2.45) is 0 Å². The molecule has 0 saturated carbocycles. The Labute approximate surface area is 191 Å². The van der Waals surface area contributed by atoms with E-state index in [0.717, 1.165) is 34.1 Å². The number of aromatic amines is 1. The Bertz CT molecular complexity index is 1420. The minimum absolute atomic E-state index is 0.159. The number of hydrogen-bond acceptors (Lipinski definition) is 2. The summed E-state index contributed by atoms with van der Waals surface area (Å²) in [6, 6.07) is 23.8. The number of aromatic nitrogens is 3. The Morgan fingerprint density at radius 3 is 2.53 bits per heavy atom. The molecule has 0 aliphatic rings. The van der Waals surface area contributed by atoms with Gasteiger partial charge in [-0.2, -0.15) is 5.10 Å². The molecule has 5 aromatic rings. The van der Waals surface area contributed by atoms with Crippen LogP contribution in [0.3, 0.4) is 0 Å². The van der Waals surface area contributed by atoms with Crippen LogP contribution in [0.15, 0.2) is 72.8 Å². The Hall–Kier alpha value is -3.57. The maximum atomic E-state index is 13.0. The molecule has 0 unspecified atom stereocenters. The van der Waals surface area contributed by atoms with Crippen molar-refractivity contribution in [3.05, 3.63) is 100 Å². The molecule has 1 amide bonds. The molecular formula is C26H23ClN4O. The van der Waals surface area contributed by atoms with Gasteiger partial charge in [-0.1, -0.05) is 60.1 Å². The van der Waals surface area contributed by atoms with Crippen LogP contribution in [0.4, 0.5) is 0 Å². The zero-order valence-corrected chi connectivity index (χ0v) is 18.5. The fourth-order valence-corrected chi connectivity index (χ4v) is 4.35. The van der Waals surface area contributed by atoms with Crippen molar-refractivity contribution in [1.82, 2.24) is 20.1 Å². The van der Waals surface area contributed by atoms with E-state index < -0.39 is 0 Å². The molecule has 6 heteroatoms. The summed E-state index contributed by atoms with van der Waals surface area (Å²) in [5, 5.41) is 10.5. The molecule has 0 saturated heterocycles. The van der Waals surface area contributed by atoms with Gasteiger partial charge in [-0.05, 0) is 48.7 Å². The monoisotopic (exact) mass is 442 g/mol. The van der Waals surface area contributed by atoms with E-state index in [0.29, 0.717) is 23.8 Å². The van der Waals surface area contributed by atoms with E-state index in [9.17, 15) is 4.79 Å². The third-order valence-corrected chi connectivity index (χ3v) is 6.06. The number of carbonyl (C=O) groups excluding carboxylic acids is 1. The van der Waals surface area contributed by atoms with Gasteiger partial charge in [0.1, 0.15) is 0 Å². The van der Waals surface area contributed by atoms with Crippen LogP contribution in [0.5, 0.6) is 0 Å². The minimum Gasteiger partial charge on any atom is -0.358 e. The lowest BCUT2D eigenvalue weighted by molar-refractivity contribution is 0.0950. The summed E-state index contributed by atoms with van der Waals surface area (Å²) < 4.78 is 1.87. The molecule has 0 aliphatic carbocycles. The highest BCUT2D eigenvalue weighted by Gasteiger charge is 2.17. The molecule has 5 nitrogen and oxygen atoms in total. The van der Waals surface area contributed by atoms with Crippen LogP contribution in [0.2, 0.25) is 5.02 Å². The highest BCUT2D eigenvalue weighted by molar-refractivity contribution is 6.30. The summed E-state index contributed by atoms with van der Waals surface area (Å²) in [5.74, 6) is -0.159. The van der Waals surface area contributed by atoms with Crippen LogP contribution in [0, 0.1) is 6.92 Å². The van der Waals surface area contributed by atoms with Crippen LogP contribution < -0.4 is 5.32 Å². The van der Waals surface area contributed by atoms with E-state index in [1.165, 1.54) is 10.9 Å². The zero-order chi connectivity index (χ0) is 22.1. The van der Waals surface area contributed by atoms with E-state index in [1.807, 2.05) is 65.3 Å². The average Bonchev–Trinajstić information content (AvgIpc) is 3.33. The number of rotatable bonds is 6. The number of para-hydroxylation sites is 2. The van der Waals surface area contributed by atoms with Gasteiger partial charge in [-0.3, -0.25) is 9.48 Å². The Morgan fingerprint density at radius 1 is 1.00 bits per heavy atom. The van der Waals surface area contributed by atoms with Crippen LogP contribution >= 0.6 is 11.6 Å². The van der Waals surface area contributed by atoms with Crippen molar-refractivity contribution in [1.29, 1.82) is 0 Å². The molecule has 0 bridgehead atoms. The standard InChI is InChI=1S/C26H23ClN4O/c1-17-20(21-6-2-4-8-23(21)29-17)14-15-28-26(32)25-22-7-3-5-9-24(22)31(30-25)16-18-10-12-19(27)13-11-18/h2-13,29H,14-16H2,1H3,(H,28,32). The predicted octanol–water partition coefficient (Wildman–Crippen LogP) is 5.50. The Morgan fingerprint density at radius 2 is 1.72 bits per heavy atom. The molecule has 2 aromatic heterocycles. The summed E-state index contributed by atoms with van der Waals surface area (Å²) >= 11 is 6.01. The molecule has 0 fully saturated rings. The quantitative estimate of drug-likeness (QED) is 0.364. The highest BCUT2D eigenvalue weighted by Crippen LogP contribution is 2.23. The van der Waals surface area contributed by atoms with Crippen molar-refractivity contribution in [3.8, 4) is 0 Å². The van der Waals surface area contributed by atoms with E-state index >= 15 is 0 Å². The molecule has 2 heterocycles. The lowest BCUT2D eigenvalue weighted by Crippen LogP contribution is -2.26. The Kier molecular flexibility index (Phi) is 5.41. The summed E-state index contributed by atoms with van der Waals surface area (Å²) in [6.07, 6.45) is 0.755. The summed E-state index contributed by atoms with van der Waals surface area (Å²) in [6.45, 7) is 3.18. The number of hydrogen-bond donors (Lipinski definition) is 2. The number of H-pyrrole nitrogens is 1. The first-order chi connectivity index (χ1) is 15.6. The lowest BCUT2D eigenvalue weighted by atomic mass is 10.1. The molecule has 32 heavy (non-hydrogen) atoms. The number of nitrogens with zero attached hydrogens (tertiary/aromatic N) is 2. The van der Waals surface area contributed by atoms with Crippen LogP contribution in [0.25, 0.3) is 21.8 Å². The number of nitrogens with one attached hydrogen (secondary N) is 2. The second kappa shape index (κ2) is 8.52. The van der Waals surface area contributed by atoms with Gasteiger partial charge in [0.2, 0.25) is 0 Å². The van der Waals surface area contributed by atoms with E-state index in [4.69, 9.17) is 11.6 Å². The topological polar surface area (TPSA) is 62.7 Å². The number of carbonyl (C=O) groups is 1. The van der Waals surface area contributed by atoms with Crippen LogP contribution in [0.1, 0.15) is 27.3 Å². The number of fused-ring (bicyclic) bond motifs is 2. The van der Waals surface area contributed by atoms with Gasteiger partial charge in [0, 0.05) is 33.6 Å². The zero-order valence-electron chi connectivity index (χ0n) is 17.7. The van der Waals surface area contributed by atoms with Gasteiger partial charge in [-0.25, -0.2) is 0 Å². The van der Waals surface area contributed by atoms with Crippen molar-refractivity contribution >= 4 is 39.3 Å². The second-order valence-electron chi connectivity index (χ2n) is 7.93. The first-order valence-corrected chi connectivity index (χ1v) is 11.0. The molecule has 160 valence electrons. The fourth-order valence-electron chi connectivity index (χ4n) is 4.22. The molecular weight excluding hydrogens is 420 g/mol. The molecule has 0 aliphatic heterocycles. The second-order valence-corrected chi connectivity index (χ2v) is 8.37. The van der Waals surface area contributed by atoms with Gasteiger partial charge in [-0.15, -0.1) is 0 Å². The van der Waals surface area contributed by atoms with Gasteiger partial charge < -0.3 is 10.3 Å². The molecule has 3 aromatic carbocycles. The normalized spacial score (nSPS) is 11.3.